The number of likely N-dealkylation sites (N-methyl/N-ethyl adjacent to an activating group) is 1. The number of nitrogens with one attached hydrogen (secondary N) is 2. The maximum atomic E-state index is 12.6. The lowest BCUT2D eigenvalue weighted by Gasteiger charge is -2.32. The predicted molar refractivity (Wildman–Crippen MR) is 129 cm³/mol. The summed E-state index contributed by atoms with van der Waals surface area (Å²) in [7, 11) is 5.24. The Hall–Kier alpha value is -3.85. The zero-order valence-corrected chi connectivity index (χ0v) is 19.0. The summed E-state index contributed by atoms with van der Waals surface area (Å²) >= 11 is 0. The highest BCUT2D eigenvalue weighted by atomic mass is 16.5. The van der Waals surface area contributed by atoms with Crippen molar-refractivity contribution in [3.8, 4) is 22.8 Å². The van der Waals surface area contributed by atoms with E-state index in [2.05, 4.69) is 37.7 Å². The fraction of sp³-hybridized carbons (Fsp3) is 0.292. The molecule has 0 spiro atoms. The van der Waals surface area contributed by atoms with Gasteiger partial charge in [0.25, 0.3) is 0 Å². The molecule has 1 aromatic heterocycles. The van der Waals surface area contributed by atoms with Gasteiger partial charge in [0.2, 0.25) is 0 Å². The lowest BCUT2D eigenvalue weighted by atomic mass is 10.1. The summed E-state index contributed by atoms with van der Waals surface area (Å²) in [5, 5.41) is 14.5. The zero-order chi connectivity index (χ0) is 23.2. The Kier molecular flexibility index (Phi) is 6.89. The topological polar surface area (TPSA) is 91.9 Å². The molecule has 1 fully saturated rings. The fourth-order valence-corrected chi connectivity index (χ4v) is 3.64. The first-order valence-electron chi connectivity index (χ1n) is 10.7. The Bertz CT molecular complexity index is 1100. The van der Waals surface area contributed by atoms with Crippen LogP contribution >= 0.6 is 0 Å². The average Bonchev–Trinajstić information content (AvgIpc) is 2.84. The minimum absolute atomic E-state index is 0.393. The van der Waals surface area contributed by atoms with Crippen molar-refractivity contribution in [3.63, 3.8) is 0 Å². The number of hydrogen-bond donors (Lipinski definition) is 2. The SMILES string of the molecule is COc1ccc(OC)c(NC(=O)Nc2cccc(-c3ccc(N4CCN(C)CC4)nn3)c2)c1. The van der Waals surface area contributed by atoms with Gasteiger partial charge < -0.3 is 29.9 Å². The van der Waals surface area contributed by atoms with Crippen LogP contribution in [-0.4, -0.2) is 68.6 Å². The number of benzene rings is 2. The summed E-state index contributed by atoms with van der Waals surface area (Å²) in [5.41, 5.74) is 2.75. The molecule has 1 aliphatic rings. The summed E-state index contributed by atoms with van der Waals surface area (Å²) in [5.74, 6) is 2.04. The molecule has 0 bridgehead atoms. The monoisotopic (exact) mass is 448 g/mol. The largest absolute Gasteiger partial charge is 0.497 e. The molecule has 9 heteroatoms. The lowest BCUT2D eigenvalue weighted by molar-refractivity contribution is 0.262. The highest BCUT2D eigenvalue weighted by Gasteiger charge is 2.16. The third-order valence-corrected chi connectivity index (χ3v) is 5.55. The standard InChI is InChI=1S/C24H28N6O3/c1-29-11-13-30(14-12-29)23-10-8-20(27-28-23)17-5-4-6-18(15-17)25-24(31)26-21-16-19(32-2)7-9-22(21)33-3/h4-10,15-16H,11-14H2,1-3H3,(H2,25,26,31). The maximum Gasteiger partial charge on any atom is 0.323 e. The van der Waals surface area contributed by atoms with Gasteiger partial charge in [-0.1, -0.05) is 12.1 Å². The number of anilines is 3. The molecule has 0 unspecified atom stereocenters. The molecule has 1 saturated heterocycles. The normalized spacial score (nSPS) is 14.0. The van der Waals surface area contributed by atoms with Gasteiger partial charge in [-0.3, -0.25) is 0 Å². The molecule has 3 aromatic rings. The minimum Gasteiger partial charge on any atom is -0.497 e. The van der Waals surface area contributed by atoms with Crippen LogP contribution < -0.4 is 25.0 Å². The summed E-state index contributed by atoms with van der Waals surface area (Å²) in [4.78, 5) is 17.1. The molecule has 2 aromatic carbocycles. The molecule has 2 amide bonds. The van der Waals surface area contributed by atoms with E-state index < -0.39 is 6.03 Å². The van der Waals surface area contributed by atoms with Crippen molar-refractivity contribution >= 4 is 23.2 Å². The number of amides is 2. The first-order valence-corrected chi connectivity index (χ1v) is 10.7. The van der Waals surface area contributed by atoms with Crippen molar-refractivity contribution in [1.82, 2.24) is 15.1 Å². The lowest BCUT2D eigenvalue weighted by Crippen LogP contribution is -2.44. The number of aromatic nitrogens is 2. The molecule has 172 valence electrons. The van der Waals surface area contributed by atoms with Gasteiger partial charge in [0.15, 0.2) is 5.82 Å². The van der Waals surface area contributed by atoms with Crippen LogP contribution in [0, 0.1) is 0 Å². The molecule has 33 heavy (non-hydrogen) atoms. The number of ether oxygens (including phenoxy) is 2. The van der Waals surface area contributed by atoms with Gasteiger partial charge in [-0.2, -0.15) is 0 Å². The summed E-state index contributed by atoms with van der Waals surface area (Å²) < 4.78 is 10.5. The molecule has 0 radical (unpaired) electrons. The van der Waals surface area contributed by atoms with Gasteiger partial charge in [0.1, 0.15) is 11.5 Å². The quantitative estimate of drug-likeness (QED) is 0.596. The van der Waals surface area contributed by atoms with Gasteiger partial charge in [0.05, 0.1) is 25.6 Å². The van der Waals surface area contributed by atoms with Gasteiger partial charge in [0, 0.05) is 43.5 Å². The van der Waals surface area contributed by atoms with Crippen LogP contribution in [0.4, 0.5) is 22.0 Å². The van der Waals surface area contributed by atoms with Gasteiger partial charge >= 0.3 is 6.03 Å². The number of methoxy groups -OCH3 is 2. The molecular formula is C24H28N6O3. The van der Waals surface area contributed by atoms with Crippen molar-refractivity contribution in [1.29, 1.82) is 0 Å². The van der Waals surface area contributed by atoms with Crippen LogP contribution in [0.5, 0.6) is 11.5 Å². The van der Waals surface area contributed by atoms with Crippen LogP contribution in [0.3, 0.4) is 0 Å². The fourth-order valence-electron chi connectivity index (χ4n) is 3.64. The molecule has 1 aliphatic heterocycles. The van der Waals surface area contributed by atoms with Crippen molar-refractivity contribution < 1.29 is 14.3 Å². The number of urea groups is 1. The maximum absolute atomic E-state index is 12.6. The van der Waals surface area contributed by atoms with Crippen molar-refractivity contribution in [2.45, 2.75) is 0 Å². The number of nitrogens with zero attached hydrogens (tertiary/aromatic N) is 4. The first-order chi connectivity index (χ1) is 16.1. The number of carbonyl (C=O) groups is 1. The molecular weight excluding hydrogens is 420 g/mol. The smallest absolute Gasteiger partial charge is 0.323 e. The van der Waals surface area contributed by atoms with Crippen LogP contribution in [-0.2, 0) is 0 Å². The molecule has 2 heterocycles. The van der Waals surface area contributed by atoms with Crippen molar-refractivity contribution in [2.24, 2.45) is 0 Å². The molecule has 0 saturated carbocycles. The third-order valence-electron chi connectivity index (χ3n) is 5.55. The Morgan fingerprint density at radius 2 is 1.73 bits per heavy atom. The highest BCUT2D eigenvalue weighted by molar-refractivity contribution is 6.01. The number of hydrogen-bond acceptors (Lipinski definition) is 7. The van der Waals surface area contributed by atoms with Crippen LogP contribution in [0.1, 0.15) is 0 Å². The molecule has 2 N–H and O–H groups in total. The summed E-state index contributed by atoms with van der Waals surface area (Å²) in [6, 6.07) is 16.3. The Morgan fingerprint density at radius 3 is 2.42 bits per heavy atom. The van der Waals surface area contributed by atoms with E-state index in [0.717, 1.165) is 43.3 Å². The van der Waals surface area contributed by atoms with E-state index >= 15 is 0 Å². The second kappa shape index (κ2) is 10.2. The zero-order valence-electron chi connectivity index (χ0n) is 19.0. The average molecular weight is 449 g/mol. The first kappa shape index (κ1) is 22.3. The second-order valence-electron chi connectivity index (χ2n) is 7.79. The molecule has 0 aliphatic carbocycles. The number of carbonyl (C=O) groups excluding carboxylic acids is 1. The third kappa shape index (κ3) is 5.50. The van der Waals surface area contributed by atoms with E-state index in [1.54, 1.807) is 32.4 Å². The minimum atomic E-state index is -0.393. The molecule has 0 atom stereocenters. The summed E-state index contributed by atoms with van der Waals surface area (Å²) in [6.07, 6.45) is 0. The van der Waals surface area contributed by atoms with E-state index in [0.29, 0.717) is 22.9 Å². The second-order valence-corrected chi connectivity index (χ2v) is 7.79. The van der Waals surface area contributed by atoms with E-state index in [-0.39, 0.29) is 0 Å². The van der Waals surface area contributed by atoms with E-state index in [9.17, 15) is 4.79 Å². The van der Waals surface area contributed by atoms with Crippen LogP contribution in [0.15, 0.2) is 54.6 Å². The van der Waals surface area contributed by atoms with Gasteiger partial charge in [-0.15, -0.1) is 10.2 Å². The Morgan fingerprint density at radius 1 is 0.909 bits per heavy atom. The number of piperazine rings is 1. The van der Waals surface area contributed by atoms with E-state index in [1.807, 2.05) is 36.4 Å². The summed E-state index contributed by atoms with van der Waals surface area (Å²) in [6.45, 7) is 3.91. The van der Waals surface area contributed by atoms with Crippen molar-refractivity contribution in [3.05, 3.63) is 54.6 Å². The van der Waals surface area contributed by atoms with Gasteiger partial charge in [-0.05, 0) is 43.4 Å². The number of rotatable bonds is 6. The van der Waals surface area contributed by atoms with Crippen molar-refractivity contribution in [2.75, 3.05) is 63.0 Å². The van der Waals surface area contributed by atoms with Crippen LogP contribution in [0.25, 0.3) is 11.3 Å². The highest BCUT2D eigenvalue weighted by Crippen LogP contribution is 2.29. The Labute approximate surface area is 193 Å². The van der Waals surface area contributed by atoms with E-state index in [4.69, 9.17) is 9.47 Å². The van der Waals surface area contributed by atoms with Gasteiger partial charge in [-0.25, -0.2) is 4.79 Å². The molecule has 9 nitrogen and oxygen atoms in total. The van der Waals surface area contributed by atoms with Crippen LogP contribution in [0.2, 0.25) is 0 Å². The Balaban J connectivity index is 1.43. The predicted octanol–water partition coefficient (Wildman–Crippen LogP) is 3.56. The molecule has 4 rings (SSSR count). The van der Waals surface area contributed by atoms with E-state index in [1.165, 1.54) is 0 Å².